The maximum atomic E-state index is 12.0. The molecule has 15 heavy (non-hydrogen) atoms. The van der Waals surface area contributed by atoms with Crippen molar-refractivity contribution >= 4 is 5.91 Å². The van der Waals surface area contributed by atoms with Crippen LogP contribution in [0.3, 0.4) is 0 Å². The summed E-state index contributed by atoms with van der Waals surface area (Å²) in [7, 11) is 0. The van der Waals surface area contributed by atoms with Crippen LogP contribution in [0.5, 0.6) is 0 Å². The van der Waals surface area contributed by atoms with E-state index in [1.165, 1.54) is 0 Å². The number of carbonyl (C=O) groups is 1. The van der Waals surface area contributed by atoms with Crippen LogP contribution in [0.1, 0.15) is 47.0 Å². The fourth-order valence-corrected chi connectivity index (χ4v) is 2.60. The summed E-state index contributed by atoms with van der Waals surface area (Å²) < 4.78 is 0. The third-order valence-electron chi connectivity index (χ3n) is 3.76. The van der Waals surface area contributed by atoms with E-state index in [0.717, 1.165) is 19.3 Å². The van der Waals surface area contributed by atoms with Crippen LogP contribution in [0, 0.1) is 5.41 Å². The second-order valence-electron chi connectivity index (χ2n) is 5.65. The van der Waals surface area contributed by atoms with Gasteiger partial charge in [-0.1, -0.05) is 27.2 Å². The summed E-state index contributed by atoms with van der Waals surface area (Å²) in [6.07, 6.45) is 3.64. The summed E-state index contributed by atoms with van der Waals surface area (Å²) in [5, 5.41) is 3.39. The summed E-state index contributed by atoms with van der Waals surface area (Å²) in [5.74, 6) is 0.295. The van der Waals surface area contributed by atoms with Gasteiger partial charge in [0.1, 0.15) is 0 Å². The van der Waals surface area contributed by atoms with Crippen molar-refractivity contribution in [3.8, 4) is 0 Å². The predicted octanol–water partition coefficient (Wildman–Crippen LogP) is 1.73. The van der Waals surface area contributed by atoms with Crippen molar-refractivity contribution < 1.29 is 4.79 Å². The highest BCUT2D eigenvalue weighted by molar-refractivity contribution is 5.84. The average molecular weight is 210 g/mol. The van der Waals surface area contributed by atoms with Crippen LogP contribution in [0.2, 0.25) is 0 Å². The summed E-state index contributed by atoms with van der Waals surface area (Å²) in [5.41, 5.74) is 0.341. The number of rotatable bonds is 3. The molecule has 1 amide bonds. The molecule has 1 heterocycles. The monoisotopic (exact) mass is 210 g/mol. The zero-order chi connectivity index (χ0) is 11.2. The van der Waals surface area contributed by atoms with E-state index in [1.807, 2.05) is 6.92 Å². The van der Waals surface area contributed by atoms with Gasteiger partial charge in [-0.05, 0) is 25.2 Å². The first kappa shape index (κ1) is 10.9. The Bertz CT molecular complexity index is 275. The second kappa shape index (κ2) is 3.48. The first-order valence-corrected chi connectivity index (χ1v) is 6.05. The van der Waals surface area contributed by atoms with Crippen LogP contribution < -0.4 is 5.32 Å². The molecular formula is C12H22N2O. The predicted molar refractivity (Wildman–Crippen MR) is 60.3 cm³/mol. The second-order valence-corrected chi connectivity index (χ2v) is 5.65. The van der Waals surface area contributed by atoms with Crippen LogP contribution in [0.25, 0.3) is 0 Å². The summed E-state index contributed by atoms with van der Waals surface area (Å²) in [4.78, 5) is 14.1. The normalized spacial score (nSPS) is 38.5. The Labute approximate surface area is 92.2 Å². The van der Waals surface area contributed by atoms with Crippen molar-refractivity contribution in [3.05, 3.63) is 0 Å². The largest absolute Gasteiger partial charge is 0.322 e. The first-order chi connectivity index (χ1) is 6.97. The van der Waals surface area contributed by atoms with Gasteiger partial charge in [-0.3, -0.25) is 10.1 Å². The topological polar surface area (TPSA) is 32.3 Å². The van der Waals surface area contributed by atoms with E-state index in [0.29, 0.717) is 17.4 Å². The molecule has 2 fully saturated rings. The van der Waals surface area contributed by atoms with Crippen LogP contribution in [-0.4, -0.2) is 29.1 Å². The third kappa shape index (κ3) is 1.78. The minimum atomic E-state index is 0.0120. The number of nitrogens with zero attached hydrogens (tertiary/aromatic N) is 1. The molecule has 86 valence electrons. The zero-order valence-electron chi connectivity index (χ0n) is 10.2. The number of carbonyl (C=O) groups excluding carboxylic acids is 1. The van der Waals surface area contributed by atoms with E-state index in [2.05, 4.69) is 31.0 Å². The number of hydrogen-bond acceptors (Lipinski definition) is 2. The lowest BCUT2D eigenvalue weighted by molar-refractivity contribution is -0.130. The highest BCUT2D eigenvalue weighted by Crippen LogP contribution is 2.50. The molecule has 2 aliphatic rings. The molecule has 3 unspecified atom stereocenters. The van der Waals surface area contributed by atoms with Gasteiger partial charge in [0.15, 0.2) is 0 Å². The molecule has 3 nitrogen and oxygen atoms in total. The molecule has 2 rings (SSSR count). The van der Waals surface area contributed by atoms with E-state index in [1.54, 1.807) is 0 Å². The van der Waals surface area contributed by atoms with Gasteiger partial charge in [0, 0.05) is 6.04 Å². The Morgan fingerprint density at radius 1 is 1.53 bits per heavy atom. The van der Waals surface area contributed by atoms with E-state index >= 15 is 0 Å². The molecule has 0 bridgehead atoms. The van der Waals surface area contributed by atoms with Crippen molar-refractivity contribution in [2.75, 3.05) is 0 Å². The van der Waals surface area contributed by atoms with Crippen molar-refractivity contribution in [2.24, 2.45) is 5.41 Å². The molecule has 1 aliphatic carbocycles. The standard InChI is InChI=1S/C12H22N2O/c1-5-6-10-13-8(2)11(15)14(10)9-7-12(9,3)4/h8-10,13H,5-7H2,1-4H3. The smallest absolute Gasteiger partial charge is 0.240 e. The Morgan fingerprint density at radius 2 is 2.13 bits per heavy atom. The van der Waals surface area contributed by atoms with Crippen LogP contribution in [-0.2, 0) is 4.79 Å². The van der Waals surface area contributed by atoms with Gasteiger partial charge in [0.25, 0.3) is 0 Å². The zero-order valence-corrected chi connectivity index (χ0v) is 10.2. The lowest BCUT2D eigenvalue weighted by Gasteiger charge is -2.25. The SMILES string of the molecule is CCCC1NC(C)C(=O)N1C1CC1(C)C. The van der Waals surface area contributed by atoms with Crippen LogP contribution in [0.15, 0.2) is 0 Å². The van der Waals surface area contributed by atoms with Gasteiger partial charge < -0.3 is 4.90 Å². The van der Waals surface area contributed by atoms with Crippen LogP contribution in [0.4, 0.5) is 0 Å². The molecule has 0 aromatic rings. The highest BCUT2D eigenvalue weighted by Gasteiger charge is 2.55. The van der Waals surface area contributed by atoms with E-state index < -0.39 is 0 Å². The summed E-state index contributed by atoms with van der Waals surface area (Å²) in [6.45, 7) is 8.64. The van der Waals surface area contributed by atoms with Gasteiger partial charge >= 0.3 is 0 Å². The molecular weight excluding hydrogens is 188 g/mol. The van der Waals surface area contributed by atoms with Gasteiger partial charge in [-0.15, -0.1) is 0 Å². The lowest BCUT2D eigenvalue weighted by Crippen LogP contribution is -2.40. The molecule has 1 saturated carbocycles. The molecule has 0 aromatic heterocycles. The Kier molecular flexibility index (Phi) is 2.53. The van der Waals surface area contributed by atoms with Crippen molar-refractivity contribution in [1.29, 1.82) is 0 Å². The number of nitrogens with one attached hydrogen (secondary N) is 1. The van der Waals surface area contributed by atoms with Crippen molar-refractivity contribution in [2.45, 2.75) is 65.2 Å². The Balaban J connectivity index is 2.09. The maximum Gasteiger partial charge on any atom is 0.240 e. The molecule has 3 atom stereocenters. The van der Waals surface area contributed by atoms with Crippen molar-refractivity contribution in [3.63, 3.8) is 0 Å². The summed E-state index contributed by atoms with van der Waals surface area (Å²) in [6, 6.07) is 0.483. The maximum absolute atomic E-state index is 12.0. The molecule has 1 saturated heterocycles. The van der Waals surface area contributed by atoms with E-state index in [9.17, 15) is 4.79 Å². The van der Waals surface area contributed by atoms with Gasteiger partial charge in [-0.25, -0.2) is 0 Å². The average Bonchev–Trinajstić information content (AvgIpc) is 2.65. The molecule has 1 N–H and O–H groups in total. The molecule has 3 heteroatoms. The fourth-order valence-electron chi connectivity index (χ4n) is 2.60. The molecule has 0 radical (unpaired) electrons. The van der Waals surface area contributed by atoms with Crippen molar-refractivity contribution in [1.82, 2.24) is 10.2 Å². The highest BCUT2D eigenvalue weighted by atomic mass is 16.2. The number of amides is 1. The quantitative estimate of drug-likeness (QED) is 0.769. The lowest BCUT2D eigenvalue weighted by atomic mass is 10.1. The first-order valence-electron chi connectivity index (χ1n) is 6.05. The Hall–Kier alpha value is -0.570. The minimum Gasteiger partial charge on any atom is -0.322 e. The Morgan fingerprint density at radius 3 is 2.60 bits per heavy atom. The molecule has 0 spiro atoms. The van der Waals surface area contributed by atoms with E-state index in [4.69, 9.17) is 0 Å². The van der Waals surface area contributed by atoms with Gasteiger partial charge in [-0.2, -0.15) is 0 Å². The van der Waals surface area contributed by atoms with Crippen LogP contribution >= 0.6 is 0 Å². The third-order valence-corrected chi connectivity index (χ3v) is 3.76. The van der Waals surface area contributed by atoms with Gasteiger partial charge in [0.2, 0.25) is 5.91 Å². The summed E-state index contributed by atoms with van der Waals surface area (Å²) >= 11 is 0. The number of hydrogen-bond donors (Lipinski definition) is 1. The fraction of sp³-hybridized carbons (Fsp3) is 0.917. The molecule has 0 aromatic carbocycles. The van der Waals surface area contributed by atoms with Gasteiger partial charge in [0.05, 0.1) is 12.2 Å². The molecule has 1 aliphatic heterocycles. The van der Waals surface area contributed by atoms with E-state index in [-0.39, 0.29) is 12.2 Å². The minimum absolute atomic E-state index is 0.0120.